The quantitative estimate of drug-likeness (QED) is 0.561. The van der Waals surface area contributed by atoms with Crippen molar-refractivity contribution in [2.24, 2.45) is 0 Å². The molecular formula is C30H42N4O2. The van der Waals surface area contributed by atoms with Gasteiger partial charge in [-0.1, -0.05) is 30.7 Å². The fraction of sp³-hybridized carbons (Fsp3) is 0.567. The van der Waals surface area contributed by atoms with E-state index in [1.807, 2.05) is 24.3 Å². The van der Waals surface area contributed by atoms with Crippen LogP contribution < -0.4 is 10.2 Å². The Kier molecular flexibility index (Phi) is 8.91. The average Bonchev–Trinajstić information content (AvgIpc) is 2.97. The number of morpholine rings is 1. The van der Waals surface area contributed by atoms with E-state index >= 15 is 0 Å². The van der Waals surface area contributed by atoms with Gasteiger partial charge in [-0.05, 0) is 100 Å². The first-order valence-corrected chi connectivity index (χ1v) is 14.0. The van der Waals surface area contributed by atoms with E-state index in [4.69, 9.17) is 4.74 Å². The molecule has 5 rings (SSSR count). The fourth-order valence-corrected chi connectivity index (χ4v) is 5.90. The highest BCUT2D eigenvalue weighted by Gasteiger charge is 2.25. The minimum atomic E-state index is 0.0213. The molecule has 2 aromatic carbocycles. The zero-order chi connectivity index (χ0) is 24.6. The first-order chi connectivity index (χ1) is 17.8. The van der Waals surface area contributed by atoms with E-state index < -0.39 is 0 Å². The van der Waals surface area contributed by atoms with Crippen molar-refractivity contribution < 1.29 is 9.53 Å². The highest BCUT2D eigenvalue weighted by molar-refractivity contribution is 5.94. The second-order valence-electron chi connectivity index (χ2n) is 10.5. The Morgan fingerprint density at radius 2 is 1.44 bits per heavy atom. The molecule has 3 fully saturated rings. The highest BCUT2D eigenvalue weighted by Crippen LogP contribution is 2.24. The summed E-state index contributed by atoms with van der Waals surface area (Å²) in [6, 6.07) is 17.4. The lowest BCUT2D eigenvalue weighted by molar-refractivity contribution is 0.0903. The molecule has 0 saturated carbocycles. The average molecular weight is 491 g/mol. The Balaban J connectivity index is 1.02. The summed E-state index contributed by atoms with van der Waals surface area (Å²) in [5, 5.41) is 3.11. The number of rotatable bonds is 8. The predicted molar refractivity (Wildman–Crippen MR) is 147 cm³/mol. The molecule has 2 aromatic rings. The van der Waals surface area contributed by atoms with E-state index in [0.717, 1.165) is 63.0 Å². The Bertz CT molecular complexity index is 942. The van der Waals surface area contributed by atoms with Crippen molar-refractivity contribution in [3.63, 3.8) is 0 Å². The van der Waals surface area contributed by atoms with Crippen LogP contribution in [0.2, 0.25) is 0 Å². The van der Waals surface area contributed by atoms with Crippen LogP contribution in [0.1, 0.15) is 48.9 Å². The standard InChI is InChI=1S/C30H42N4O2/c35-30(31-15-4-16-32-19-13-29(14-20-32)33-17-2-1-3-18-33)27-7-5-25(6-8-27)26-9-11-28(12-10-26)34-21-23-36-24-22-34/h5-12,29H,1-4,13-24H2,(H,31,35). The van der Waals surface area contributed by atoms with E-state index in [9.17, 15) is 4.79 Å². The van der Waals surface area contributed by atoms with Gasteiger partial charge >= 0.3 is 0 Å². The molecule has 0 aromatic heterocycles. The Labute approximate surface area is 216 Å². The first-order valence-electron chi connectivity index (χ1n) is 14.0. The van der Waals surface area contributed by atoms with Crippen molar-refractivity contribution in [1.82, 2.24) is 15.1 Å². The van der Waals surface area contributed by atoms with Crippen LogP contribution in [0.25, 0.3) is 11.1 Å². The third kappa shape index (κ3) is 6.67. The maximum absolute atomic E-state index is 12.6. The molecule has 0 bridgehead atoms. The molecule has 1 amide bonds. The van der Waals surface area contributed by atoms with Crippen molar-refractivity contribution in [1.29, 1.82) is 0 Å². The first kappa shape index (κ1) is 25.2. The maximum Gasteiger partial charge on any atom is 0.251 e. The van der Waals surface area contributed by atoms with E-state index in [1.54, 1.807) is 0 Å². The Morgan fingerprint density at radius 1 is 0.806 bits per heavy atom. The van der Waals surface area contributed by atoms with Gasteiger partial charge in [-0.3, -0.25) is 4.79 Å². The number of hydrogen-bond donors (Lipinski definition) is 1. The van der Waals surface area contributed by atoms with Gasteiger partial charge in [0.25, 0.3) is 5.91 Å². The number of carbonyl (C=O) groups is 1. The van der Waals surface area contributed by atoms with Crippen molar-refractivity contribution in [3.8, 4) is 11.1 Å². The number of nitrogens with one attached hydrogen (secondary N) is 1. The number of carbonyl (C=O) groups excluding carboxylic acids is 1. The number of benzene rings is 2. The molecule has 3 saturated heterocycles. The van der Waals surface area contributed by atoms with Gasteiger partial charge in [-0.25, -0.2) is 0 Å². The molecule has 6 nitrogen and oxygen atoms in total. The summed E-state index contributed by atoms with van der Waals surface area (Å²) in [6.45, 7) is 10.3. The number of likely N-dealkylation sites (tertiary alicyclic amines) is 2. The second-order valence-corrected chi connectivity index (χ2v) is 10.5. The Morgan fingerprint density at radius 3 is 2.11 bits per heavy atom. The third-order valence-electron chi connectivity index (χ3n) is 8.12. The summed E-state index contributed by atoms with van der Waals surface area (Å²) in [7, 11) is 0. The zero-order valence-corrected chi connectivity index (χ0v) is 21.7. The lowest BCUT2D eigenvalue weighted by Crippen LogP contribution is -2.47. The number of hydrogen-bond acceptors (Lipinski definition) is 5. The number of piperidine rings is 2. The molecule has 0 atom stereocenters. The molecule has 0 unspecified atom stereocenters. The van der Waals surface area contributed by atoms with Crippen LogP contribution in [0.4, 0.5) is 5.69 Å². The fourth-order valence-electron chi connectivity index (χ4n) is 5.90. The van der Waals surface area contributed by atoms with Gasteiger partial charge in [-0.2, -0.15) is 0 Å². The molecule has 3 heterocycles. The van der Waals surface area contributed by atoms with Crippen LogP contribution in [0.3, 0.4) is 0 Å². The van der Waals surface area contributed by atoms with E-state index in [1.165, 1.54) is 69.5 Å². The summed E-state index contributed by atoms with van der Waals surface area (Å²) in [4.78, 5) is 20.3. The third-order valence-corrected chi connectivity index (χ3v) is 8.12. The van der Waals surface area contributed by atoms with Gasteiger partial charge in [-0.15, -0.1) is 0 Å². The molecule has 6 heteroatoms. The van der Waals surface area contributed by atoms with Crippen molar-refractivity contribution in [3.05, 3.63) is 54.1 Å². The monoisotopic (exact) mass is 490 g/mol. The number of amides is 1. The van der Waals surface area contributed by atoms with Gasteiger partial charge in [0.15, 0.2) is 0 Å². The summed E-state index contributed by atoms with van der Waals surface area (Å²) in [6.07, 6.45) is 7.78. The van der Waals surface area contributed by atoms with E-state index in [0.29, 0.717) is 0 Å². The Hall–Kier alpha value is -2.41. The highest BCUT2D eigenvalue weighted by atomic mass is 16.5. The van der Waals surface area contributed by atoms with E-state index in [-0.39, 0.29) is 5.91 Å². The lowest BCUT2D eigenvalue weighted by Gasteiger charge is -2.40. The molecule has 1 N–H and O–H groups in total. The van der Waals surface area contributed by atoms with Crippen LogP contribution in [-0.2, 0) is 4.74 Å². The molecular weight excluding hydrogens is 448 g/mol. The van der Waals surface area contributed by atoms with Gasteiger partial charge in [0.1, 0.15) is 0 Å². The van der Waals surface area contributed by atoms with Gasteiger partial charge in [0, 0.05) is 36.9 Å². The van der Waals surface area contributed by atoms with Crippen LogP contribution in [-0.4, -0.2) is 87.3 Å². The molecule has 0 spiro atoms. The van der Waals surface area contributed by atoms with E-state index in [2.05, 4.69) is 44.3 Å². The van der Waals surface area contributed by atoms with Crippen molar-refractivity contribution in [2.75, 3.05) is 70.5 Å². The predicted octanol–water partition coefficient (Wildman–Crippen LogP) is 4.26. The van der Waals surface area contributed by atoms with Crippen LogP contribution in [0.5, 0.6) is 0 Å². The van der Waals surface area contributed by atoms with Crippen LogP contribution in [0, 0.1) is 0 Å². The summed E-state index contributed by atoms with van der Waals surface area (Å²) < 4.78 is 5.45. The minimum Gasteiger partial charge on any atom is -0.378 e. The molecule has 3 aliphatic rings. The molecule has 0 radical (unpaired) electrons. The largest absolute Gasteiger partial charge is 0.378 e. The molecule has 0 aliphatic carbocycles. The van der Waals surface area contributed by atoms with Crippen LogP contribution in [0.15, 0.2) is 48.5 Å². The number of ether oxygens (including phenoxy) is 1. The topological polar surface area (TPSA) is 48.1 Å². The molecule has 36 heavy (non-hydrogen) atoms. The van der Waals surface area contributed by atoms with Crippen molar-refractivity contribution >= 4 is 11.6 Å². The summed E-state index contributed by atoms with van der Waals surface area (Å²) >= 11 is 0. The number of nitrogens with zero attached hydrogens (tertiary/aromatic N) is 3. The van der Waals surface area contributed by atoms with Gasteiger partial charge in [0.2, 0.25) is 0 Å². The zero-order valence-electron chi connectivity index (χ0n) is 21.7. The minimum absolute atomic E-state index is 0.0213. The molecule has 194 valence electrons. The second kappa shape index (κ2) is 12.7. The van der Waals surface area contributed by atoms with Crippen LogP contribution >= 0.6 is 0 Å². The summed E-state index contributed by atoms with van der Waals surface area (Å²) in [5.41, 5.74) is 4.27. The normalized spacial score (nSPS) is 20.4. The maximum atomic E-state index is 12.6. The lowest BCUT2D eigenvalue weighted by atomic mass is 10.00. The SMILES string of the molecule is O=C(NCCCN1CCC(N2CCCCC2)CC1)c1ccc(-c2ccc(N3CCOCC3)cc2)cc1. The van der Waals surface area contributed by atoms with Crippen molar-refractivity contribution in [2.45, 2.75) is 44.6 Å². The van der Waals surface area contributed by atoms with Gasteiger partial charge in [0.05, 0.1) is 13.2 Å². The smallest absolute Gasteiger partial charge is 0.251 e. The number of anilines is 1. The van der Waals surface area contributed by atoms with Gasteiger partial charge < -0.3 is 24.8 Å². The molecule has 3 aliphatic heterocycles. The summed E-state index contributed by atoms with van der Waals surface area (Å²) in [5.74, 6) is 0.0213.